The average molecular weight is 190 g/mol. The van der Waals surface area contributed by atoms with Crippen molar-refractivity contribution in [2.24, 2.45) is 0 Å². The Morgan fingerprint density at radius 3 is 1.93 bits per heavy atom. The molecule has 1 aromatic rings. The van der Waals surface area contributed by atoms with Crippen LogP contribution in [0.25, 0.3) is 12.2 Å². The molecule has 0 amide bonds. The molecular weight excluding hydrogens is 168 g/mol. The molecule has 14 heavy (non-hydrogen) atoms. The molecule has 0 fully saturated rings. The number of hydrogen-bond acceptors (Lipinski definition) is 0. The fourth-order valence-electron chi connectivity index (χ4n) is 1.06. The number of hydrogen-bond donors (Lipinski definition) is 0. The third-order valence-electron chi connectivity index (χ3n) is 1.68. The van der Waals surface area contributed by atoms with Crippen LogP contribution in [0.3, 0.4) is 0 Å². The minimum absolute atomic E-state index is 0. The molecule has 1 rings (SSSR count). The summed E-state index contributed by atoms with van der Waals surface area (Å²) in [7, 11) is 0. The fraction of sp³-hybridized carbons (Fsp3) is 0.286. The first-order valence-corrected chi connectivity index (χ1v) is 4.63. The van der Waals surface area contributed by atoms with Gasteiger partial charge in [0.1, 0.15) is 0 Å². The molecule has 0 unspecified atom stereocenters. The molecule has 0 aromatic heterocycles. The minimum Gasteiger partial charge on any atom is -0.0984 e. The predicted molar refractivity (Wildman–Crippen MR) is 69.4 cm³/mol. The Labute approximate surface area is 89.0 Å². The van der Waals surface area contributed by atoms with Crippen LogP contribution in [-0.2, 0) is 0 Å². The van der Waals surface area contributed by atoms with Crippen LogP contribution in [-0.4, -0.2) is 0 Å². The standard InChI is InChI=1S/C11H12.C2H6.CH4/c1-4-10-7-6-9(3)8-11(10)5-2;1-2;/h4-8H,1-2H2,3H3;1-2H3;1H4. The summed E-state index contributed by atoms with van der Waals surface area (Å²) < 4.78 is 0. The van der Waals surface area contributed by atoms with Crippen molar-refractivity contribution in [1.82, 2.24) is 0 Å². The molecule has 0 N–H and O–H groups in total. The van der Waals surface area contributed by atoms with Crippen LogP contribution < -0.4 is 0 Å². The number of rotatable bonds is 2. The summed E-state index contributed by atoms with van der Waals surface area (Å²) >= 11 is 0. The first-order chi connectivity index (χ1) is 6.27. The zero-order valence-corrected chi connectivity index (χ0v) is 8.80. The average Bonchev–Trinajstić information content (AvgIpc) is 2.20. The molecule has 0 radical (unpaired) electrons. The quantitative estimate of drug-likeness (QED) is 0.619. The van der Waals surface area contributed by atoms with E-state index >= 15 is 0 Å². The molecule has 0 spiro atoms. The lowest BCUT2D eigenvalue weighted by atomic mass is 10.0. The maximum absolute atomic E-state index is 3.73. The Morgan fingerprint density at radius 2 is 1.50 bits per heavy atom. The molecule has 0 bridgehead atoms. The largest absolute Gasteiger partial charge is 0.0984 e. The van der Waals surface area contributed by atoms with Gasteiger partial charge in [-0.05, 0) is 18.1 Å². The van der Waals surface area contributed by atoms with Gasteiger partial charge in [-0.25, -0.2) is 0 Å². The van der Waals surface area contributed by atoms with Crippen LogP contribution in [0.5, 0.6) is 0 Å². The zero-order valence-electron chi connectivity index (χ0n) is 8.80. The van der Waals surface area contributed by atoms with Crippen LogP contribution in [0.4, 0.5) is 0 Å². The SMILES string of the molecule is C.C=Cc1ccc(C)cc1C=C.CC. The van der Waals surface area contributed by atoms with Crippen LogP contribution in [0.1, 0.15) is 38.0 Å². The Hall–Kier alpha value is -1.30. The molecule has 0 aliphatic rings. The maximum Gasteiger partial charge on any atom is -0.0187 e. The maximum atomic E-state index is 3.73. The Morgan fingerprint density at radius 1 is 1.00 bits per heavy atom. The van der Waals surface area contributed by atoms with Gasteiger partial charge in [-0.3, -0.25) is 0 Å². The van der Waals surface area contributed by atoms with E-state index in [1.54, 1.807) is 0 Å². The van der Waals surface area contributed by atoms with Gasteiger partial charge in [-0.1, -0.05) is 70.3 Å². The summed E-state index contributed by atoms with van der Waals surface area (Å²) in [6, 6.07) is 6.23. The van der Waals surface area contributed by atoms with E-state index in [2.05, 4.69) is 38.3 Å². The Bertz CT molecular complexity index is 282. The number of aryl methyl sites for hydroxylation is 1. The highest BCUT2D eigenvalue weighted by molar-refractivity contribution is 5.64. The summed E-state index contributed by atoms with van der Waals surface area (Å²) in [4.78, 5) is 0. The molecule has 0 heterocycles. The molecule has 1 aromatic carbocycles. The van der Waals surface area contributed by atoms with Crippen molar-refractivity contribution >= 4 is 12.2 Å². The van der Waals surface area contributed by atoms with Crippen molar-refractivity contribution < 1.29 is 0 Å². The van der Waals surface area contributed by atoms with Crippen molar-refractivity contribution in [3.05, 3.63) is 48.0 Å². The summed E-state index contributed by atoms with van der Waals surface area (Å²) in [5.74, 6) is 0. The van der Waals surface area contributed by atoms with E-state index in [0.29, 0.717) is 0 Å². The smallest absolute Gasteiger partial charge is 0.0187 e. The molecule has 0 atom stereocenters. The second kappa shape index (κ2) is 8.31. The third-order valence-corrected chi connectivity index (χ3v) is 1.68. The van der Waals surface area contributed by atoms with Gasteiger partial charge in [0.05, 0.1) is 0 Å². The molecule has 0 aliphatic carbocycles. The zero-order chi connectivity index (χ0) is 10.3. The Kier molecular flexibility index (Phi) is 9.01. The van der Waals surface area contributed by atoms with Gasteiger partial charge >= 0.3 is 0 Å². The van der Waals surface area contributed by atoms with Crippen molar-refractivity contribution in [2.75, 3.05) is 0 Å². The lowest BCUT2D eigenvalue weighted by Crippen LogP contribution is -1.80. The monoisotopic (exact) mass is 190 g/mol. The first-order valence-electron chi connectivity index (χ1n) is 4.63. The van der Waals surface area contributed by atoms with Gasteiger partial charge in [0.15, 0.2) is 0 Å². The normalized spacial score (nSPS) is 7.64. The lowest BCUT2D eigenvalue weighted by molar-refractivity contribution is 1.45. The molecule has 0 saturated heterocycles. The van der Waals surface area contributed by atoms with Crippen molar-refractivity contribution in [3.63, 3.8) is 0 Å². The third kappa shape index (κ3) is 4.08. The van der Waals surface area contributed by atoms with E-state index in [-0.39, 0.29) is 7.43 Å². The van der Waals surface area contributed by atoms with E-state index in [4.69, 9.17) is 0 Å². The first kappa shape index (κ1) is 15.2. The predicted octanol–water partition coefficient (Wildman–Crippen LogP) is 4.94. The van der Waals surface area contributed by atoms with Gasteiger partial charge in [-0.15, -0.1) is 0 Å². The van der Waals surface area contributed by atoms with E-state index in [0.717, 1.165) is 11.1 Å². The van der Waals surface area contributed by atoms with Gasteiger partial charge in [-0.2, -0.15) is 0 Å². The van der Waals surface area contributed by atoms with E-state index in [1.807, 2.05) is 26.0 Å². The van der Waals surface area contributed by atoms with Gasteiger partial charge in [0, 0.05) is 0 Å². The highest BCUT2D eigenvalue weighted by Crippen LogP contribution is 2.13. The van der Waals surface area contributed by atoms with Crippen molar-refractivity contribution in [2.45, 2.75) is 28.2 Å². The fourth-order valence-corrected chi connectivity index (χ4v) is 1.06. The highest BCUT2D eigenvalue weighted by atomic mass is 14.0. The summed E-state index contributed by atoms with van der Waals surface area (Å²) in [6.45, 7) is 13.5. The second-order valence-electron chi connectivity index (χ2n) is 2.54. The van der Waals surface area contributed by atoms with Gasteiger partial charge in [0.25, 0.3) is 0 Å². The molecule has 0 nitrogen and oxygen atoms in total. The van der Waals surface area contributed by atoms with E-state index in [9.17, 15) is 0 Å². The summed E-state index contributed by atoms with van der Waals surface area (Å²) in [5.41, 5.74) is 3.55. The topological polar surface area (TPSA) is 0 Å². The van der Waals surface area contributed by atoms with Crippen LogP contribution in [0, 0.1) is 6.92 Å². The van der Waals surface area contributed by atoms with Crippen LogP contribution in [0.15, 0.2) is 31.4 Å². The number of benzene rings is 1. The minimum atomic E-state index is 0. The van der Waals surface area contributed by atoms with Crippen molar-refractivity contribution in [1.29, 1.82) is 0 Å². The molecule has 0 saturated carbocycles. The molecular formula is C14H22. The van der Waals surface area contributed by atoms with Crippen LogP contribution >= 0.6 is 0 Å². The summed E-state index contributed by atoms with van der Waals surface area (Å²) in [5, 5.41) is 0. The van der Waals surface area contributed by atoms with Crippen LogP contribution in [0.2, 0.25) is 0 Å². The second-order valence-corrected chi connectivity index (χ2v) is 2.54. The molecule has 78 valence electrons. The summed E-state index contributed by atoms with van der Waals surface area (Å²) in [6.07, 6.45) is 3.69. The van der Waals surface area contributed by atoms with E-state index in [1.165, 1.54) is 5.56 Å². The van der Waals surface area contributed by atoms with Gasteiger partial charge in [0.2, 0.25) is 0 Å². The lowest BCUT2D eigenvalue weighted by Gasteiger charge is -2.00. The van der Waals surface area contributed by atoms with Crippen molar-refractivity contribution in [3.8, 4) is 0 Å². The highest BCUT2D eigenvalue weighted by Gasteiger charge is 1.93. The molecule has 0 heteroatoms. The van der Waals surface area contributed by atoms with E-state index < -0.39 is 0 Å². The Balaban J connectivity index is 0. The van der Waals surface area contributed by atoms with Gasteiger partial charge < -0.3 is 0 Å². The molecule has 0 aliphatic heterocycles.